The van der Waals surface area contributed by atoms with Gasteiger partial charge in [0.2, 0.25) is 0 Å². The van der Waals surface area contributed by atoms with Crippen molar-refractivity contribution in [2.45, 2.75) is 39.1 Å². The lowest BCUT2D eigenvalue weighted by atomic mass is 10.1. The quantitative estimate of drug-likeness (QED) is 0.751. The minimum absolute atomic E-state index is 0.0776. The first-order valence-corrected chi connectivity index (χ1v) is 6.09. The van der Waals surface area contributed by atoms with Gasteiger partial charge in [-0.25, -0.2) is 0 Å². The number of hydrogen-bond donors (Lipinski definition) is 0. The summed E-state index contributed by atoms with van der Waals surface area (Å²) < 4.78 is 11.2. The molecule has 2 rings (SSSR count). The zero-order valence-electron chi connectivity index (χ0n) is 10.1. The average molecular weight is 234 g/mol. The minimum atomic E-state index is -0.108. The van der Waals surface area contributed by atoms with E-state index in [9.17, 15) is 4.79 Å². The molecule has 17 heavy (non-hydrogen) atoms. The van der Waals surface area contributed by atoms with Gasteiger partial charge in [-0.1, -0.05) is 24.3 Å². The number of benzene rings is 1. The number of hydrogen-bond acceptors (Lipinski definition) is 3. The summed E-state index contributed by atoms with van der Waals surface area (Å²) in [6.45, 7) is 2.80. The summed E-state index contributed by atoms with van der Waals surface area (Å²) in [6, 6.07) is 7.56. The normalized spacial score (nSPS) is 20.2. The maximum absolute atomic E-state index is 11.4. The second-order valence-electron chi connectivity index (χ2n) is 4.32. The van der Waals surface area contributed by atoms with Crippen LogP contribution < -0.4 is 0 Å². The standard InChI is InChI=1S/C14H18O3/c1-11(15)13-7-3-2-6-12(13)10-17-14-8-4-5-9-16-14/h2-3,6-7,14H,4-5,8-10H2,1H3. The van der Waals surface area contributed by atoms with Crippen molar-refractivity contribution in [1.29, 1.82) is 0 Å². The molecule has 0 amide bonds. The molecule has 1 aliphatic heterocycles. The van der Waals surface area contributed by atoms with Crippen molar-refractivity contribution in [3.05, 3.63) is 35.4 Å². The van der Waals surface area contributed by atoms with Crippen LogP contribution in [0, 0.1) is 0 Å². The third-order valence-electron chi connectivity index (χ3n) is 2.96. The topological polar surface area (TPSA) is 35.5 Å². The molecular formula is C14H18O3. The Kier molecular flexibility index (Phi) is 4.29. The Hall–Kier alpha value is -1.19. The molecule has 92 valence electrons. The fourth-order valence-electron chi connectivity index (χ4n) is 2.01. The summed E-state index contributed by atoms with van der Waals surface area (Å²) in [4.78, 5) is 11.4. The fourth-order valence-corrected chi connectivity index (χ4v) is 2.01. The maximum atomic E-state index is 11.4. The van der Waals surface area contributed by atoms with E-state index in [0.717, 1.165) is 37.0 Å². The van der Waals surface area contributed by atoms with Gasteiger partial charge in [0.1, 0.15) is 0 Å². The molecule has 0 N–H and O–H groups in total. The van der Waals surface area contributed by atoms with Crippen LogP contribution in [0.3, 0.4) is 0 Å². The van der Waals surface area contributed by atoms with E-state index in [1.807, 2.05) is 24.3 Å². The van der Waals surface area contributed by atoms with E-state index in [0.29, 0.717) is 6.61 Å². The summed E-state index contributed by atoms with van der Waals surface area (Å²) in [5, 5.41) is 0. The van der Waals surface area contributed by atoms with Crippen LogP contribution in [0.2, 0.25) is 0 Å². The van der Waals surface area contributed by atoms with E-state index in [4.69, 9.17) is 9.47 Å². The van der Waals surface area contributed by atoms with Crippen molar-refractivity contribution in [3.63, 3.8) is 0 Å². The van der Waals surface area contributed by atoms with Crippen LogP contribution in [-0.2, 0) is 16.1 Å². The summed E-state index contributed by atoms with van der Waals surface area (Å²) in [6.07, 6.45) is 3.11. The van der Waals surface area contributed by atoms with E-state index in [-0.39, 0.29) is 12.1 Å². The lowest BCUT2D eigenvalue weighted by molar-refractivity contribution is -0.168. The number of Topliss-reactive ketones (excluding diaryl/α,β-unsaturated/α-hetero) is 1. The molecule has 1 saturated heterocycles. The monoisotopic (exact) mass is 234 g/mol. The Bertz CT molecular complexity index is 381. The first-order chi connectivity index (χ1) is 8.27. The zero-order valence-corrected chi connectivity index (χ0v) is 10.1. The maximum Gasteiger partial charge on any atom is 0.160 e. The van der Waals surface area contributed by atoms with Gasteiger partial charge >= 0.3 is 0 Å². The molecule has 1 aliphatic rings. The predicted octanol–water partition coefficient (Wildman–Crippen LogP) is 2.93. The molecule has 1 fully saturated rings. The molecule has 1 aromatic carbocycles. The first kappa shape index (κ1) is 12.3. The van der Waals surface area contributed by atoms with Gasteiger partial charge in [-0.15, -0.1) is 0 Å². The van der Waals surface area contributed by atoms with Gasteiger partial charge < -0.3 is 9.47 Å². The minimum Gasteiger partial charge on any atom is -0.353 e. The molecule has 1 unspecified atom stereocenters. The van der Waals surface area contributed by atoms with Crippen molar-refractivity contribution in [3.8, 4) is 0 Å². The highest BCUT2D eigenvalue weighted by atomic mass is 16.7. The lowest BCUT2D eigenvalue weighted by Crippen LogP contribution is -2.22. The molecule has 0 spiro atoms. The van der Waals surface area contributed by atoms with Crippen LogP contribution in [0.5, 0.6) is 0 Å². The third-order valence-corrected chi connectivity index (χ3v) is 2.96. The Morgan fingerprint density at radius 3 is 2.94 bits per heavy atom. The van der Waals surface area contributed by atoms with Crippen LogP contribution in [0.15, 0.2) is 24.3 Å². The van der Waals surface area contributed by atoms with Crippen molar-refractivity contribution >= 4 is 5.78 Å². The number of carbonyl (C=O) groups is 1. The molecule has 3 heteroatoms. The van der Waals surface area contributed by atoms with Gasteiger partial charge in [-0.2, -0.15) is 0 Å². The van der Waals surface area contributed by atoms with Gasteiger partial charge in [0, 0.05) is 12.2 Å². The van der Waals surface area contributed by atoms with Gasteiger partial charge in [-0.05, 0) is 31.7 Å². The molecule has 0 saturated carbocycles. The molecule has 1 atom stereocenters. The summed E-state index contributed by atoms with van der Waals surface area (Å²) in [5.74, 6) is 0.0776. The molecule has 3 nitrogen and oxygen atoms in total. The van der Waals surface area contributed by atoms with Gasteiger partial charge in [0.25, 0.3) is 0 Å². The van der Waals surface area contributed by atoms with Crippen LogP contribution >= 0.6 is 0 Å². The smallest absolute Gasteiger partial charge is 0.160 e. The Labute approximate surface area is 102 Å². The van der Waals surface area contributed by atoms with Crippen LogP contribution in [0.25, 0.3) is 0 Å². The number of carbonyl (C=O) groups excluding carboxylic acids is 1. The van der Waals surface area contributed by atoms with Crippen molar-refractivity contribution in [2.24, 2.45) is 0 Å². The highest BCUT2D eigenvalue weighted by Gasteiger charge is 2.15. The molecule has 0 aromatic heterocycles. The number of ether oxygens (including phenoxy) is 2. The Balaban J connectivity index is 1.96. The van der Waals surface area contributed by atoms with Gasteiger partial charge in [0.05, 0.1) is 6.61 Å². The van der Waals surface area contributed by atoms with E-state index in [1.165, 1.54) is 0 Å². The zero-order chi connectivity index (χ0) is 12.1. The van der Waals surface area contributed by atoms with Crippen molar-refractivity contribution in [2.75, 3.05) is 6.61 Å². The fraction of sp³-hybridized carbons (Fsp3) is 0.500. The molecule has 0 radical (unpaired) electrons. The average Bonchev–Trinajstić information content (AvgIpc) is 2.38. The molecular weight excluding hydrogens is 216 g/mol. The summed E-state index contributed by atoms with van der Waals surface area (Å²) in [5.41, 5.74) is 1.68. The summed E-state index contributed by atoms with van der Waals surface area (Å²) in [7, 11) is 0. The lowest BCUT2D eigenvalue weighted by Gasteiger charge is -2.23. The Morgan fingerprint density at radius 2 is 2.24 bits per heavy atom. The third kappa shape index (κ3) is 3.38. The van der Waals surface area contributed by atoms with Gasteiger partial charge in [-0.3, -0.25) is 4.79 Å². The van der Waals surface area contributed by atoms with Crippen LogP contribution in [0.1, 0.15) is 42.1 Å². The van der Waals surface area contributed by atoms with Crippen molar-refractivity contribution < 1.29 is 14.3 Å². The number of rotatable bonds is 4. The molecule has 0 bridgehead atoms. The van der Waals surface area contributed by atoms with Crippen LogP contribution in [0.4, 0.5) is 0 Å². The highest BCUT2D eigenvalue weighted by molar-refractivity contribution is 5.95. The van der Waals surface area contributed by atoms with E-state index < -0.39 is 0 Å². The number of ketones is 1. The Morgan fingerprint density at radius 1 is 1.41 bits per heavy atom. The SMILES string of the molecule is CC(=O)c1ccccc1COC1CCCCO1. The highest BCUT2D eigenvalue weighted by Crippen LogP contribution is 2.17. The predicted molar refractivity (Wildman–Crippen MR) is 64.8 cm³/mol. The molecule has 0 aliphatic carbocycles. The summed E-state index contributed by atoms with van der Waals surface area (Å²) >= 11 is 0. The largest absolute Gasteiger partial charge is 0.353 e. The van der Waals surface area contributed by atoms with E-state index in [1.54, 1.807) is 6.92 Å². The van der Waals surface area contributed by atoms with Crippen LogP contribution in [-0.4, -0.2) is 18.7 Å². The second-order valence-corrected chi connectivity index (χ2v) is 4.32. The molecule has 1 heterocycles. The molecule has 1 aromatic rings. The second kappa shape index (κ2) is 5.94. The van der Waals surface area contributed by atoms with E-state index in [2.05, 4.69) is 0 Å². The first-order valence-electron chi connectivity index (χ1n) is 6.09. The van der Waals surface area contributed by atoms with Gasteiger partial charge in [0.15, 0.2) is 12.1 Å². The van der Waals surface area contributed by atoms with E-state index >= 15 is 0 Å². The van der Waals surface area contributed by atoms with Crippen molar-refractivity contribution in [1.82, 2.24) is 0 Å².